The van der Waals surface area contributed by atoms with Crippen molar-refractivity contribution in [2.45, 2.75) is 95.9 Å². The van der Waals surface area contributed by atoms with E-state index in [9.17, 15) is 0 Å². The first kappa shape index (κ1) is 17.7. The average Bonchev–Trinajstić information content (AvgIpc) is 2.61. The smallest absolute Gasteiger partial charge is 0.0874 e. The van der Waals surface area contributed by atoms with Crippen LogP contribution in [0, 0.1) is 0 Å². The Labute approximate surface area is 137 Å². The summed E-state index contributed by atoms with van der Waals surface area (Å²) in [6, 6.07) is 1.01. The summed E-state index contributed by atoms with van der Waals surface area (Å²) < 4.78 is 0. The lowest BCUT2D eigenvalue weighted by Crippen LogP contribution is -3.15. The first-order valence-electron chi connectivity index (χ1n) is 8.81. The second kappa shape index (κ2) is 11.4. The lowest BCUT2D eigenvalue weighted by Gasteiger charge is -2.28. The van der Waals surface area contributed by atoms with Crippen LogP contribution in [0.25, 0.3) is 0 Å². The van der Waals surface area contributed by atoms with Gasteiger partial charge >= 0.3 is 0 Å². The van der Waals surface area contributed by atoms with Gasteiger partial charge in [-0.3, -0.25) is 0 Å². The molecule has 2 rings (SSSR count). The van der Waals surface area contributed by atoms with Crippen molar-refractivity contribution in [1.29, 1.82) is 0 Å². The zero-order chi connectivity index (χ0) is 12.5. The minimum Gasteiger partial charge on any atom is -1.00 e. The van der Waals surface area contributed by atoms with E-state index in [0.717, 1.165) is 6.04 Å². The molecule has 0 aromatic heterocycles. The molecule has 1 N–H and O–H groups in total. The second-order valence-electron chi connectivity index (χ2n) is 6.68. The molecule has 1 saturated carbocycles. The summed E-state index contributed by atoms with van der Waals surface area (Å²) >= 11 is 0. The molecule has 1 aliphatic heterocycles. The fraction of sp³-hybridized carbons (Fsp3) is 1.00. The van der Waals surface area contributed by atoms with Gasteiger partial charge in [-0.1, -0.05) is 38.5 Å². The highest BCUT2D eigenvalue weighted by Gasteiger charge is 2.22. The monoisotopic (exact) mass is 379 g/mol. The molecule has 19 heavy (non-hydrogen) atoms. The highest BCUT2D eigenvalue weighted by atomic mass is 127. The van der Waals surface area contributed by atoms with E-state index < -0.39 is 0 Å². The molecule has 0 aromatic rings. The molecular weight excluding hydrogens is 345 g/mol. The Hall–Kier alpha value is 0.690. The third-order valence-corrected chi connectivity index (χ3v) is 5.18. The van der Waals surface area contributed by atoms with Crippen molar-refractivity contribution in [3.63, 3.8) is 0 Å². The quantitative estimate of drug-likeness (QED) is 0.641. The number of quaternary nitrogens is 1. The standard InChI is InChI=1S/C17H33N.HI/c1-2-6-10-14-17(13-9-5-1)18-15-11-7-3-4-8-12-16-18;/h17H,1-16H2;1H. The molecular formula is C17H34IN. The lowest BCUT2D eigenvalue weighted by molar-refractivity contribution is -0.926. The lowest BCUT2D eigenvalue weighted by atomic mass is 10.0. The molecule has 1 saturated heterocycles. The van der Waals surface area contributed by atoms with E-state index in [1.165, 1.54) is 103 Å². The fourth-order valence-electron chi connectivity index (χ4n) is 3.99. The molecule has 0 spiro atoms. The predicted molar refractivity (Wildman–Crippen MR) is 79.1 cm³/mol. The van der Waals surface area contributed by atoms with Gasteiger partial charge in [0.2, 0.25) is 0 Å². The van der Waals surface area contributed by atoms with Gasteiger partial charge in [0.05, 0.1) is 19.1 Å². The van der Waals surface area contributed by atoms with Gasteiger partial charge < -0.3 is 28.9 Å². The summed E-state index contributed by atoms with van der Waals surface area (Å²) in [6.45, 7) is 2.95. The largest absolute Gasteiger partial charge is 1.00 e. The topological polar surface area (TPSA) is 4.44 Å². The Bertz CT molecular complexity index is 165. The van der Waals surface area contributed by atoms with Crippen LogP contribution in [0.2, 0.25) is 0 Å². The van der Waals surface area contributed by atoms with Crippen molar-refractivity contribution in [2.75, 3.05) is 13.1 Å². The first-order valence-corrected chi connectivity index (χ1v) is 8.81. The SMILES string of the molecule is C1CCCCC([NH+]2CCCCCCCC2)CCC1.[I-]. The molecule has 114 valence electrons. The van der Waals surface area contributed by atoms with Crippen LogP contribution >= 0.6 is 0 Å². The Morgan fingerprint density at radius 3 is 1.32 bits per heavy atom. The van der Waals surface area contributed by atoms with Crippen LogP contribution in [-0.2, 0) is 0 Å². The molecule has 2 aliphatic rings. The summed E-state index contributed by atoms with van der Waals surface area (Å²) in [4.78, 5) is 1.99. The van der Waals surface area contributed by atoms with E-state index in [1.54, 1.807) is 0 Å². The van der Waals surface area contributed by atoms with Crippen LogP contribution < -0.4 is 28.9 Å². The Morgan fingerprint density at radius 1 is 0.474 bits per heavy atom. The number of halogens is 1. The van der Waals surface area contributed by atoms with Gasteiger partial charge in [0.25, 0.3) is 0 Å². The normalized spacial score (nSPS) is 25.9. The Balaban J connectivity index is 0.00000180. The van der Waals surface area contributed by atoms with Crippen LogP contribution in [0.1, 0.15) is 89.9 Å². The molecule has 1 nitrogen and oxygen atoms in total. The van der Waals surface area contributed by atoms with Gasteiger partial charge in [0.1, 0.15) is 0 Å². The Kier molecular flexibility index (Phi) is 10.6. The predicted octanol–water partition coefficient (Wildman–Crippen LogP) is 0.733. The molecule has 2 heteroatoms. The minimum atomic E-state index is 0. The average molecular weight is 379 g/mol. The van der Waals surface area contributed by atoms with E-state index in [-0.39, 0.29) is 24.0 Å². The molecule has 1 heterocycles. The summed E-state index contributed by atoms with van der Waals surface area (Å²) in [6.07, 6.45) is 21.0. The molecule has 2 fully saturated rings. The van der Waals surface area contributed by atoms with Crippen LogP contribution in [-0.4, -0.2) is 19.1 Å². The van der Waals surface area contributed by atoms with Crippen molar-refractivity contribution in [3.8, 4) is 0 Å². The number of rotatable bonds is 1. The summed E-state index contributed by atoms with van der Waals surface area (Å²) in [5.74, 6) is 0. The van der Waals surface area contributed by atoms with Crippen molar-refractivity contribution >= 4 is 0 Å². The molecule has 1 aliphatic carbocycles. The van der Waals surface area contributed by atoms with E-state index in [0.29, 0.717) is 0 Å². The Morgan fingerprint density at radius 2 is 0.842 bits per heavy atom. The van der Waals surface area contributed by atoms with Crippen LogP contribution in [0.5, 0.6) is 0 Å². The summed E-state index contributed by atoms with van der Waals surface area (Å²) in [5, 5.41) is 0. The molecule has 0 atom stereocenters. The molecule has 0 bridgehead atoms. The van der Waals surface area contributed by atoms with Gasteiger partial charge in [-0.2, -0.15) is 0 Å². The van der Waals surface area contributed by atoms with Gasteiger partial charge in [-0.25, -0.2) is 0 Å². The molecule has 0 aromatic carbocycles. The number of nitrogens with one attached hydrogen (secondary N) is 1. The molecule has 0 unspecified atom stereocenters. The van der Waals surface area contributed by atoms with Gasteiger partial charge in [0, 0.05) is 0 Å². The van der Waals surface area contributed by atoms with Crippen LogP contribution in [0.3, 0.4) is 0 Å². The van der Waals surface area contributed by atoms with Gasteiger partial charge in [-0.05, 0) is 51.4 Å². The van der Waals surface area contributed by atoms with Crippen molar-refractivity contribution < 1.29 is 28.9 Å². The number of hydrogen-bond acceptors (Lipinski definition) is 0. The maximum atomic E-state index is 1.99. The van der Waals surface area contributed by atoms with E-state index in [4.69, 9.17) is 0 Å². The fourth-order valence-corrected chi connectivity index (χ4v) is 3.99. The van der Waals surface area contributed by atoms with E-state index in [2.05, 4.69) is 0 Å². The number of hydrogen-bond donors (Lipinski definition) is 1. The van der Waals surface area contributed by atoms with Crippen LogP contribution in [0.4, 0.5) is 0 Å². The third kappa shape index (κ3) is 7.31. The zero-order valence-corrected chi connectivity index (χ0v) is 14.9. The van der Waals surface area contributed by atoms with Crippen molar-refractivity contribution in [2.24, 2.45) is 0 Å². The van der Waals surface area contributed by atoms with E-state index in [1.807, 2.05) is 4.90 Å². The maximum Gasteiger partial charge on any atom is 0.0874 e. The third-order valence-electron chi connectivity index (χ3n) is 5.18. The van der Waals surface area contributed by atoms with Crippen molar-refractivity contribution in [3.05, 3.63) is 0 Å². The highest BCUT2D eigenvalue weighted by Crippen LogP contribution is 2.16. The minimum absolute atomic E-state index is 0. The zero-order valence-electron chi connectivity index (χ0n) is 12.8. The van der Waals surface area contributed by atoms with Crippen LogP contribution in [0.15, 0.2) is 0 Å². The van der Waals surface area contributed by atoms with Crippen molar-refractivity contribution in [1.82, 2.24) is 0 Å². The molecule has 0 amide bonds. The van der Waals surface area contributed by atoms with E-state index >= 15 is 0 Å². The molecule has 0 radical (unpaired) electrons. The second-order valence-corrected chi connectivity index (χ2v) is 6.68. The highest BCUT2D eigenvalue weighted by molar-refractivity contribution is 4.62. The summed E-state index contributed by atoms with van der Waals surface area (Å²) in [7, 11) is 0. The van der Waals surface area contributed by atoms with Gasteiger partial charge in [-0.15, -0.1) is 0 Å². The van der Waals surface area contributed by atoms with Gasteiger partial charge in [0.15, 0.2) is 0 Å². The first-order chi connectivity index (χ1) is 8.97. The summed E-state index contributed by atoms with van der Waals surface area (Å²) in [5.41, 5.74) is 0. The maximum absolute atomic E-state index is 1.99.